The molecular weight excluding hydrogens is 240 g/mol. The number of aromatic nitrogens is 1. The normalized spacial score (nSPS) is 18.8. The first-order valence-electron chi connectivity index (χ1n) is 6.99. The number of carbonyl (C=O) groups is 1. The van der Waals surface area contributed by atoms with Crippen molar-refractivity contribution in [3.63, 3.8) is 0 Å². The minimum atomic E-state index is 0.150. The molecule has 19 heavy (non-hydrogen) atoms. The van der Waals surface area contributed by atoms with Gasteiger partial charge in [0.05, 0.1) is 5.92 Å². The number of hydrogen-bond acceptors (Lipinski definition) is 4. The second kappa shape index (κ2) is 7.74. The highest BCUT2D eigenvalue weighted by atomic mass is 16.1. The van der Waals surface area contributed by atoms with Crippen molar-refractivity contribution in [2.24, 2.45) is 5.92 Å². The fourth-order valence-electron chi connectivity index (χ4n) is 2.20. The summed E-state index contributed by atoms with van der Waals surface area (Å²) in [5, 5.41) is 9.48. The molecule has 5 nitrogen and oxygen atoms in total. The molecule has 0 bridgehead atoms. The lowest BCUT2D eigenvalue weighted by Gasteiger charge is -2.21. The Morgan fingerprint density at radius 3 is 3.11 bits per heavy atom. The maximum atomic E-state index is 11.8. The van der Waals surface area contributed by atoms with Gasteiger partial charge in [-0.2, -0.15) is 0 Å². The Morgan fingerprint density at radius 2 is 2.37 bits per heavy atom. The van der Waals surface area contributed by atoms with Crippen molar-refractivity contribution in [3.8, 4) is 0 Å². The van der Waals surface area contributed by atoms with Gasteiger partial charge in [0.2, 0.25) is 5.91 Å². The molecule has 1 aromatic heterocycles. The zero-order chi connectivity index (χ0) is 13.3. The first-order chi connectivity index (χ1) is 9.36. The Labute approximate surface area is 114 Å². The molecule has 5 heteroatoms. The van der Waals surface area contributed by atoms with Crippen LogP contribution in [0.1, 0.15) is 19.3 Å². The SMILES string of the molecule is O=C(NCCCNc1ccccn1)C1CCCNC1. The van der Waals surface area contributed by atoms with Crippen LogP contribution in [0.25, 0.3) is 0 Å². The van der Waals surface area contributed by atoms with Crippen LogP contribution in [0.3, 0.4) is 0 Å². The standard InChI is InChI=1S/C14H22N4O/c19-14(12-5-3-7-15-11-12)18-10-4-9-17-13-6-1-2-8-16-13/h1-2,6,8,12,15H,3-5,7,9-11H2,(H,16,17)(H,18,19). The average Bonchev–Trinajstić information content (AvgIpc) is 2.49. The third kappa shape index (κ3) is 4.87. The molecule has 3 N–H and O–H groups in total. The number of piperidine rings is 1. The molecule has 104 valence electrons. The van der Waals surface area contributed by atoms with Gasteiger partial charge in [0, 0.05) is 25.8 Å². The Kier molecular flexibility index (Phi) is 5.62. The molecule has 0 radical (unpaired) electrons. The van der Waals surface area contributed by atoms with E-state index in [1.54, 1.807) is 6.20 Å². The Morgan fingerprint density at radius 1 is 1.42 bits per heavy atom. The summed E-state index contributed by atoms with van der Waals surface area (Å²) in [6.45, 7) is 3.39. The van der Waals surface area contributed by atoms with Crippen LogP contribution in [0.5, 0.6) is 0 Å². The van der Waals surface area contributed by atoms with Gasteiger partial charge in [0.1, 0.15) is 5.82 Å². The largest absolute Gasteiger partial charge is 0.370 e. The van der Waals surface area contributed by atoms with Crippen LogP contribution < -0.4 is 16.0 Å². The number of carbonyl (C=O) groups excluding carboxylic acids is 1. The fourth-order valence-corrected chi connectivity index (χ4v) is 2.20. The Hall–Kier alpha value is -1.62. The fraction of sp³-hybridized carbons (Fsp3) is 0.571. The van der Waals surface area contributed by atoms with Crippen LogP contribution in [0.15, 0.2) is 24.4 Å². The van der Waals surface area contributed by atoms with E-state index in [0.29, 0.717) is 0 Å². The zero-order valence-electron chi connectivity index (χ0n) is 11.2. The lowest BCUT2D eigenvalue weighted by molar-refractivity contribution is -0.125. The predicted molar refractivity (Wildman–Crippen MR) is 75.9 cm³/mol. The molecule has 0 aliphatic carbocycles. The predicted octanol–water partition coefficient (Wildman–Crippen LogP) is 0.999. The topological polar surface area (TPSA) is 66.0 Å². The third-order valence-electron chi connectivity index (χ3n) is 3.29. The average molecular weight is 262 g/mol. The van der Waals surface area contributed by atoms with Gasteiger partial charge in [0.15, 0.2) is 0 Å². The molecule has 1 unspecified atom stereocenters. The van der Waals surface area contributed by atoms with E-state index in [1.165, 1.54) is 0 Å². The number of anilines is 1. The summed E-state index contributed by atoms with van der Waals surface area (Å²) in [5.41, 5.74) is 0. The second-order valence-corrected chi connectivity index (χ2v) is 4.83. The van der Waals surface area contributed by atoms with E-state index in [0.717, 1.165) is 51.3 Å². The first-order valence-corrected chi connectivity index (χ1v) is 6.99. The minimum Gasteiger partial charge on any atom is -0.370 e. The molecular formula is C14H22N4O. The van der Waals surface area contributed by atoms with E-state index in [9.17, 15) is 4.79 Å². The molecule has 1 aliphatic heterocycles. The minimum absolute atomic E-state index is 0.150. The molecule has 0 spiro atoms. The van der Waals surface area contributed by atoms with Gasteiger partial charge >= 0.3 is 0 Å². The number of rotatable bonds is 6. The van der Waals surface area contributed by atoms with Gasteiger partial charge in [-0.3, -0.25) is 4.79 Å². The summed E-state index contributed by atoms with van der Waals surface area (Å²) in [5.74, 6) is 1.22. The maximum Gasteiger partial charge on any atom is 0.224 e. The van der Waals surface area contributed by atoms with Crippen molar-refractivity contribution in [1.82, 2.24) is 15.6 Å². The van der Waals surface area contributed by atoms with E-state index in [-0.39, 0.29) is 11.8 Å². The Bertz CT molecular complexity index is 376. The molecule has 1 aliphatic rings. The Balaban J connectivity index is 1.55. The lowest BCUT2D eigenvalue weighted by Crippen LogP contribution is -2.41. The van der Waals surface area contributed by atoms with Crippen molar-refractivity contribution >= 4 is 11.7 Å². The quantitative estimate of drug-likeness (QED) is 0.669. The summed E-state index contributed by atoms with van der Waals surface area (Å²) in [6.07, 6.45) is 4.77. The maximum absolute atomic E-state index is 11.8. The molecule has 2 heterocycles. The first kappa shape index (κ1) is 13.8. The third-order valence-corrected chi connectivity index (χ3v) is 3.29. The van der Waals surface area contributed by atoms with Gasteiger partial charge < -0.3 is 16.0 Å². The molecule has 2 rings (SSSR count). The van der Waals surface area contributed by atoms with Crippen molar-refractivity contribution in [2.45, 2.75) is 19.3 Å². The van der Waals surface area contributed by atoms with Gasteiger partial charge in [-0.15, -0.1) is 0 Å². The van der Waals surface area contributed by atoms with Gasteiger partial charge in [-0.05, 0) is 37.9 Å². The van der Waals surface area contributed by atoms with Crippen molar-refractivity contribution in [1.29, 1.82) is 0 Å². The molecule has 1 amide bonds. The van der Waals surface area contributed by atoms with Crippen LogP contribution in [-0.4, -0.2) is 37.1 Å². The van der Waals surface area contributed by atoms with Crippen molar-refractivity contribution in [3.05, 3.63) is 24.4 Å². The van der Waals surface area contributed by atoms with E-state index in [2.05, 4.69) is 20.9 Å². The van der Waals surface area contributed by atoms with Crippen LogP contribution in [-0.2, 0) is 4.79 Å². The number of hydrogen-bond donors (Lipinski definition) is 3. The van der Waals surface area contributed by atoms with Gasteiger partial charge in [0.25, 0.3) is 0 Å². The molecule has 1 atom stereocenters. The summed E-state index contributed by atoms with van der Waals surface area (Å²) < 4.78 is 0. The monoisotopic (exact) mass is 262 g/mol. The van der Waals surface area contributed by atoms with Crippen molar-refractivity contribution < 1.29 is 4.79 Å². The van der Waals surface area contributed by atoms with Gasteiger partial charge in [-0.1, -0.05) is 6.07 Å². The highest BCUT2D eigenvalue weighted by Crippen LogP contribution is 2.09. The smallest absolute Gasteiger partial charge is 0.224 e. The molecule has 0 aromatic carbocycles. The van der Waals surface area contributed by atoms with Gasteiger partial charge in [-0.25, -0.2) is 4.98 Å². The van der Waals surface area contributed by atoms with E-state index in [4.69, 9.17) is 0 Å². The van der Waals surface area contributed by atoms with E-state index < -0.39 is 0 Å². The van der Waals surface area contributed by atoms with Crippen LogP contribution in [0.4, 0.5) is 5.82 Å². The highest BCUT2D eigenvalue weighted by molar-refractivity contribution is 5.78. The molecule has 1 fully saturated rings. The summed E-state index contributed by atoms with van der Waals surface area (Å²) >= 11 is 0. The second-order valence-electron chi connectivity index (χ2n) is 4.83. The van der Waals surface area contributed by atoms with E-state index in [1.807, 2.05) is 18.2 Å². The van der Waals surface area contributed by atoms with Crippen LogP contribution in [0, 0.1) is 5.92 Å². The lowest BCUT2D eigenvalue weighted by atomic mass is 9.99. The molecule has 1 aromatic rings. The summed E-state index contributed by atoms with van der Waals surface area (Å²) in [4.78, 5) is 16.0. The van der Waals surface area contributed by atoms with Crippen LogP contribution in [0.2, 0.25) is 0 Å². The molecule has 0 saturated carbocycles. The zero-order valence-corrected chi connectivity index (χ0v) is 11.2. The number of pyridine rings is 1. The van der Waals surface area contributed by atoms with E-state index >= 15 is 0 Å². The highest BCUT2D eigenvalue weighted by Gasteiger charge is 2.19. The number of amides is 1. The summed E-state index contributed by atoms with van der Waals surface area (Å²) in [6, 6.07) is 5.78. The summed E-state index contributed by atoms with van der Waals surface area (Å²) in [7, 11) is 0. The number of nitrogens with one attached hydrogen (secondary N) is 3. The van der Waals surface area contributed by atoms with Crippen molar-refractivity contribution in [2.75, 3.05) is 31.5 Å². The number of nitrogens with zero attached hydrogens (tertiary/aromatic N) is 1. The molecule has 1 saturated heterocycles. The van der Waals surface area contributed by atoms with Crippen LogP contribution >= 0.6 is 0 Å².